The van der Waals surface area contributed by atoms with Gasteiger partial charge in [0.2, 0.25) is 0 Å². The zero-order valence-corrected chi connectivity index (χ0v) is 21.8. The first-order valence-electron chi connectivity index (χ1n) is 9.32. The van der Waals surface area contributed by atoms with E-state index in [2.05, 4.69) is 50.5 Å². The minimum atomic E-state index is -0.519. The average molecular weight is 673 g/mol. The summed E-state index contributed by atoms with van der Waals surface area (Å²) >= 11 is 10.4. The first-order chi connectivity index (χ1) is 15.3. The SMILES string of the molecule is Cc1ccc(NC(=O)/C(C#N)=C\c2cc(I)c(OCc3ccc(F)cc3)c(I)c2)cc1Cl. The highest BCUT2D eigenvalue weighted by atomic mass is 127. The van der Waals surface area contributed by atoms with Crippen molar-refractivity contribution in [2.75, 3.05) is 5.32 Å². The van der Waals surface area contributed by atoms with E-state index in [4.69, 9.17) is 16.3 Å². The van der Waals surface area contributed by atoms with Crippen molar-refractivity contribution in [3.8, 4) is 11.8 Å². The molecule has 4 nitrogen and oxygen atoms in total. The molecule has 162 valence electrons. The number of nitrogens with zero attached hydrogens (tertiary/aromatic N) is 1. The van der Waals surface area contributed by atoms with Crippen LogP contribution in [0.3, 0.4) is 0 Å². The molecule has 0 atom stereocenters. The number of amides is 1. The zero-order valence-electron chi connectivity index (χ0n) is 16.8. The van der Waals surface area contributed by atoms with Crippen molar-refractivity contribution in [3.05, 3.63) is 94.8 Å². The molecule has 0 unspecified atom stereocenters. The standard InChI is InChI=1S/C24H16ClFI2N2O2/c1-14-2-7-19(11-20(14)25)30-24(31)17(12-29)8-16-9-21(27)23(22(28)10-16)32-13-15-3-5-18(26)6-4-15/h2-11H,13H2,1H3,(H,30,31)/b17-8-. The third kappa shape index (κ3) is 6.43. The predicted molar refractivity (Wildman–Crippen MR) is 141 cm³/mol. The van der Waals surface area contributed by atoms with Gasteiger partial charge >= 0.3 is 0 Å². The number of benzene rings is 3. The average Bonchev–Trinajstić information content (AvgIpc) is 2.75. The Morgan fingerprint density at radius 2 is 1.81 bits per heavy atom. The molecule has 1 amide bonds. The number of anilines is 1. The Hall–Kier alpha value is -2.16. The van der Waals surface area contributed by atoms with Crippen molar-refractivity contribution in [2.45, 2.75) is 13.5 Å². The minimum absolute atomic E-state index is 0.0340. The van der Waals surface area contributed by atoms with Gasteiger partial charge in [-0.15, -0.1) is 0 Å². The van der Waals surface area contributed by atoms with Gasteiger partial charge in [0.1, 0.15) is 29.8 Å². The number of hydrogen-bond acceptors (Lipinski definition) is 3. The summed E-state index contributed by atoms with van der Waals surface area (Å²) in [6.45, 7) is 2.16. The summed E-state index contributed by atoms with van der Waals surface area (Å²) in [4.78, 5) is 12.6. The molecule has 0 heterocycles. The number of carbonyl (C=O) groups excluding carboxylic acids is 1. The van der Waals surface area contributed by atoms with Gasteiger partial charge in [-0.1, -0.05) is 29.8 Å². The monoisotopic (exact) mass is 672 g/mol. The summed E-state index contributed by atoms with van der Waals surface area (Å²) in [6, 6.07) is 16.9. The molecule has 0 bridgehead atoms. The van der Waals surface area contributed by atoms with Crippen LogP contribution in [0.1, 0.15) is 16.7 Å². The molecular formula is C24H16ClFI2N2O2. The normalized spacial score (nSPS) is 11.1. The van der Waals surface area contributed by atoms with E-state index in [1.54, 1.807) is 30.3 Å². The number of nitriles is 1. The van der Waals surface area contributed by atoms with Crippen LogP contribution in [0.2, 0.25) is 5.02 Å². The third-order valence-electron chi connectivity index (χ3n) is 4.42. The van der Waals surface area contributed by atoms with Gasteiger partial charge in [0.05, 0.1) is 7.14 Å². The van der Waals surface area contributed by atoms with Crippen LogP contribution in [0.4, 0.5) is 10.1 Å². The van der Waals surface area contributed by atoms with E-state index in [-0.39, 0.29) is 11.4 Å². The highest BCUT2D eigenvalue weighted by Gasteiger charge is 2.13. The molecular weight excluding hydrogens is 657 g/mol. The van der Waals surface area contributed by atoms with Gasteiger partial charge in [-0.3, -0.25) is 4.79 Å². The molecule has 1 N–H and O–H groups in total. The number of rotatable bonds is 6. The van der Waals surface area contributed by atoms with Gasteiger partial charge in [0.25, 0.3) is 5.91 Å². The van der Waals surface area contributed by atoms with Crippen molar-refractivity contribution < 1.29 is 13.9 Å². The summed E-state index contributed by atoms with van der Waals surface area (Å²) < 4.78 is 20.6. The third-order valence-corrected chi connectivity index (χ3v) is 6.43. The summed E-state index contributed by atoms with van der Waals surface area (Å²) in [7, 11) is 0. The van der Waals surface area contributed by atoms with Crippen molar-refractivity contribution in [1.29, 1.82) is 5.26 Å². The Labute approximate surface area is 217 Å². The molecule has 0 aliphatic rings. The van der Waals surface area contributed by atoms with E-state index >= 15 is 0 Å². The number of ether oxygens (including phenoxy) is 1. The zero-order chi connectivity index (χ0) is 23.3. The Kier molecular flexibility index (Phi) is 8.51. The van der Waals surface area contributed by atoms with Crippen LogP contribution >= 0.6 is 56.8 Å². The molecule has 32 heavy (non-hydrogen) atoms. The van der Waals surface area contributed by atoms with Crippen LogP contribution in [-0.4, -0.2) is 5.91 Å². The summed E-state index contributed by atoms with van der Waals surface area (Å²) in [5.41, 5.74) is 2.92. The Balaban J connectivity index is 1.77. The maximum Gasteiger partial charge on any atom is 0.266 e. The fraction of sp³-hybridized carbons (Fsp3) is 0.0833. The smallest absolute Gasteiger partial charge is 0.266 e. The summed E-state index contributed by atoms with van der Waals surface area (Å²) in [5, 5.41) is 12.7. The topological polar surface area (TPSA) is 62.1 Å². The lowest BCUT2D eigenvalue weighted by atomic mass is 10.1. The van der Waals surface area contributed by atoms with Crippen LogP contribution in [0.15, 0.2) is 60.2 Å². The minimum Gasteiger partial charge on any atom is -0.487 e. The highest BCUT2D eigenvalue weighted by molar-refractivity contribution is 14.1. The van der Waals surface area contributed by atoms with Gasteiger partial charge in [-0.25, -0.2) is 4.39 Å². The number of aryl methyl sites for hydroxylation is 1. The fourth-order valence-corrected chi connectivity index (χ4v) is 5.03. The Morgan fingerprint density at radius 3 is 2.41 bits per heavy atom. The maximum atomic E-state index is 13.1. The first-order valence-corrected chi connectivity index (χ1v) is 11.9. The second-order valence-electron chi connectivity index (χ2n) is 6.82. The van der Waals surface area contributed by atoms with Crippen LogP contribution in [0, 0.1) is 31.2 Å². The molecule has 0 radical (unpaired) electrons. The molecule has 3 rings (SSSR count). The second kappa shape index (κ2) is 11.1. The van der Waals surface area contributed by atoms with Crippen LogP contribution in [-0.2, 0) is 11.4 Å². The Morgan fingerprint density at radius 1 is 1.16 bits per heavy atom. The van der Waals surface area contributed by atoms with Crippen LogP contribution < -0.4 is 10.1 Å². The van der Waals surface area contributed by atoms with Gasteiger partial charge in [0.15, 0.2) is 0 Å². The molecule has 8 heteroatoms. The van der Waals surface area contributed by atoms with Gasteiger partial charge < -0.3 is 10.1 Å². The van der Waals surface area contributed by atoms with E-state index < -0.39 is 5.91 Å². The lowest BCUT2D eigenvalue weighted by molar-refractivity contribution is -0.112. The molecule has 0 spiro atoms. The van der Waals surface area contributed by atoms with Gasteiger partial charge in [-0.2, -0.15) is 5.26 Å². The number of halogens is 4. The van der Waals surface area contributed by atoms with Gasteiger partial charge in [-0.05, 0) is 111 Å². The summed E-state index contributed by atoms with van der Waals surface area (Å²) in [6.07, 6.45) is 1.53. The number of hydrogen-bond donors (Lipinski definition) is 1. The predicted octanol–water partition coefficient (Wildman–Crippen LogP) is 7.12. The Bertz CT molecular complexity index is 1210. The molecule has 3 aromatic rings. The lowest BCUT2D eigenvalue weighted by Crippen LogP contribution is -2.13. The fourth-order valence-electron chi connectivity index (χ4n) is 2.72. The molecule has 3 aromatic carbocycles. The molecule has 0 aliphatic carbocycles. The van der Waals surface area contributed by atoms with Crippen LogP contribution in [0.5, 0.6) is 5.75 Å². The molecule has 0 aromatic heterocycles. The largest absolute Gasteiger partial charge is 0.487 e. The van der Waals surface area contributed by atoms with Crippen LogP contribution in [0.25, 0.3) is 6.08 Å². The van der Waals surface area contributed by atoms with E-state index in [9.17, 15) is 14.4 Å². The summed E-state index contributed by atoms with van der Waals surface area (Å²) in [5.74, 6) is -0.129. The van der Waals surface area contributed by atoms with E-state index in [0.717, 1.165) is 18.3 Å². The quantitative estimate of drug-likeness (QED) is 0.172. The maximum absolute atomic E-state index is 13.1. The van der Waals surface area contributed by atoms with E-state index in [1.807, 2.05) is 25.1 Å². The van der Waals surface area contributed by atoms with E-state index in [0.29, 0.717) is 28.6 Å². The molecule has 0 fully saturated rings. The number of carbonyl (C=O) groups is 1. The highest BCUT2D eigenvalue weighted by Crippen LogP contribution is 2.30. The lowest BCUT2D eigenvalue weighted by Gasteiger charge is -2.12. The van der Waals surface area contributed by atoms with Crippen molar-refractivity contribution in [3.63, 3.8) is 0 Å². The molecule has 0 saturated carbocycles. The number of nitrogens with one attached hydrogen (secondary N) is 1. The first kappa shape index (κ1) is 24.5. The van der Waals surface area contributed by atoms with Crippen molar-refractivity contribution in [2.24, 2.45) is 0 Å². The van der Waals surface area contributed by atoms with Crippen molar-refractivity contribution >= 4 is 74.5 Å². The van der Waals surface area contributed by atoms with E-state index in [1.165, 1.54) is 18.2 Å². The second-order valence-corrected chi connectivity index (χ2v) is 9.55. The van der Waals surface area contributed by atoms with Crippen molar-refractivity contribution in [1.82, 2.24) is 0 Å². The molecule has 0 saturated heterocycles. The molecule has 0 aliphatic heterocycles. The van der Waals surface area contributed by atoms with Gasteiger partial charge in [0, 0.05) is 10.7 Å².